The van der Waals surface area contributed by atoms with E-state index < -0.39 is 20.5 Å². The fraction of sp³-hybridized carbons (Fsp3) is 1.00. The topological polar surface area (TPSA) is 280 Å². The third-order valence-electron chi connectivity index (χ3n) is 0.250. The third kappa shape index (κ3) is 750. The summed E-state index contributed by atoms with van der Waals surface area (Å²) < 4.78 is 67.9. The van der Waals surface area contributed by atoms with Crippen molar-refractivity contribution in [1.29, 1.82) is 0 Å². The Hall–Kier alpha value is 0.619. The van der Waals surface area contributed by atoms with Gasteiger partial charge < -0.3 is 22.9 Å². The van der Waals surface area contributed by atoms with Crippen molar-refractivity contribution in [3.8, 4) is 0 Å². The molecule has 0 saturated carbocycles. The van der Waals surface area contributed by atoms with Gasteiger partial charge in [0.05, 0.1) is 0 Å². The maximum Gasteiger partial charge on any atom is 2.00 e. The van der Waals surface area contributed by atoms with E-state index in [9.17, 15) is 0 Å². The molecular formula is C4H12Cl2CuN4O8-4. The fourth-order valence-corrected chi connectivity index (χ4v) is 0. The van der Waals surface area contributed by atoms with Gasteiger partial charge in [-0.2, -0.15) is 26.2 Å². The molecule has 0 spiro atoms. The van der Waals surface area contributed by atoms with Crippen molar-refractivity contribution in [2.45, 2.75) is 0 Å². The monoisotopic (exact) mass is 377 g/mol. The zero-order valence-electron chi connectivity index (χ0n) is 9.15. The molecule has 0 aliphatic rings. The molecule has 4 N–H and O–H groups in total. The predicted molar refractivity (Wildman–Crippen MR) is 36.8 cm³/mol. The fourth-order valence-electron chi connectivity index (χ4n) is 0. The molecule has 0 aromatic rings. The quantitative estimate of drug-likeness (QED) is 0.414. The first-order valence-corrected chi connectivity index (χ1v) is 6.12. The molecule has 0 aromatic heterocycles. The van der Waals surface area contributed by atoms with Gasteiger partial charge in [-0.1, -0.05) is 0 Å². The van der Waals surface area contributed by atoms with Crippen LogP contribution in [0, 0.1) is 20.5 Å². The largest absolute Gasteiger partial charge is 2.00 e. The average Bonchev–Trinajstić information content (AvgIpc) is 2.12. The minimum atomic E-state index is -4.94. The second-order valence-corrected chi connectivity index (χ2v) is 3.27. The van der Waals surface area contributed by atoms with Crippen LogP contribution in [-0.2, 0) is 17.1 Å². The summed E-state index contributed by atoms with van der Waals surface area (Å²) in [5.74, 6) is 0. The van der Waals surface area contributed by atoms with Gasteiger partial charge in [0.1, 0.15) is 0 Å². The van der Waals surface area contributed by atoms with Crippen molar-refractivity contribution < 1.29 is 74.8 Å². The van der Waals surface area contributed by atoms with Gasteiger partial charge in [0, 0.05) is 0 Å². The number of nitrogens with one attached hydrogen (secondary N) is 4. The molecule has 125 valence electrons. The molecule has 15 heteroatoms. The van der Waals surface area contributed by atoms with E-state index in [2.05, 4.69) is 0 Å². The van der Waals surface area contributed by atoms with Crippen molar-refractivity contribution >= 4 is 0 Å². The number of rotatable bonds is 2. The molecule has 0 unspecified atom stereocenters. The van der Waals surface area contributed by atoms with E-state index in [1.807, 2.05) is 0 Å². The molecule has 12 nitrogen and oxygen atoms in total. The van der Waals surface area contributed by atoms with Crippen LogP contribution in [0.25, 0.3) is 22.9 Å². The van der Waals surface area contributed by atoms with Crippen LogP contribution in [0.15, 0.2) is 0 Å². The zero-order valence-corrected chi connectivity index (χ0v) is 11.6. The molecular weight excluding hydrogens is 367 g/mol. The van der Waals surface area contributed by atoms with Crippen LogP contribution in [0.2, 0.25) is 0 Å². The normalized spacial score (nSPS) is 9.47. The Balaban J connectivity index is -0.0000000453. The molecule has 19 heavy (non-hydrogen) atoms. The Morgan fingerprint density at radius 2 is 0.526 bits per heavy atom. The molecule has 0 rings (SSSR count). The predicted octanol–water partition coefficient (Wildman–Crippen LogP) is -7.33. The molecule has 0 atom stereocenters. The van der Waals surface area contributed by atoms with Crippen LogP contribution in [-0.4, -0.2) is 26.2 Å². The molecule has 0 saturated heterocycles. The van der Waals surface area contributed by atoms with Gasteiger partial charge in [-0.25, -0.2) is 37.3 Å². The van der Waals surface area contributed by atoms with Crippen LogP contribution in [0.1, 0.15) is 0 Å². The summed E-state index contributed by atoms with van der Waals surface area (Å²) in [6, 6.07) is 0. The SMILES string of the molecule is [Cu+2].[NH-]CC[NH-].[NH-]CC[NH-].[O-][Cl+3]([O-])([O-])[O-].[O-][Cl+3]([O-])([O-])[O-]. The summed E-state index contributed by atoms with van der Waals surface area (Å²) in [6.07, 6.45) is 0. The summed E-state index contributed by atoms with van der Waals surface area (Å²) in [4.78, 5) is 0. The second kappa shape index (κ2) is 20.9. The summed E-state index contributed by atoms with van der Waals surface area (Å²) in [5, 5.41) is 0. The maximum atomic E-state index is 8.49. The Morgan fingerprint density at radius 1 is 0.474 bits per heavy atom. The summed E-state index contributed by atoms with van der Waals surface area (Å²) in [5.41, 5.74) is 25.1. The number of halogens is 2. The van der Waals surface area contributed by atoms with Gasteiger partial charge >= 0.3 is 17.1 Å². The van der Waals surface area contributed by atoms with Gasteiger partial charge in [-0.3, -0.25) is 0 Å². The van der Waals surface area contributed by atoms with Crippen molar-refractivity contribution in [2.75, 3.05) is 26.2 Å². The Kier molecular flexibility index (Phi) is 35.1. The Morgan fingerprint density at radius 3 is 0.526 bits per heavy atom. The molecule has 0 heterocycles. The van der Waals surface area contributed by atoms with E-state index in [-0.39, 0.29) is 43.2 Å². The van der Waals surface area contributed by atoms with Crippen LogP contribution < -0.4 is 37.3 Å². The van der Waals surface area contributed by atoms with Gasteiger partial charge in [-0.05, 0) is 0 Å². The smallest absolute Gasteiger partial charge is 0.679 e. The standard InChI is InChI=1S/2C2H6N2.2ClHO4.Cu/c2*3-1-2-4;2*2-1(3,4)5;/h2*3-4H,1-2H2;2*(H,2,3,4,5);/q2*-2;;;+2/p-2. The van der Waals surface area contributed by atoms with Gasteiger partial charge in [0.2, 0.25) is 0 Å². The van der Waals surface area contributed by atoms with E-state index in [1.54, 1.807) is 0 Å². The van der Waals surface area contributed by atoms with E-state index in [1.165, 1.54) is 0 Å². The molecule has 0 fully saturated rings. The number of hydrogen-bond acceptors (Lipinski definition) is 8. The van der Waals surface area contributed by atoms with Gasteiger partial charge in [-0.15, -0.1) is 20.5 Å². The molecule has 0 aromatic carbocycles. The molecule has 0 bridgehead atoms. The minimum Gasteiger partial charge on any atom is -0.679 e. The molecule has 0 aliphatic heterocycles. The summed E-state index contributed by atoms with van der Waals surface area (Å²) >= 11 is 0. The van der Waals surface area contributed by atoms with Crippen LogP contribution in [0.5, 0.6) is 0 Å². The average molecular weight is 379 g/mol. The van der Waals surface area contributed by atoms with Gasteiger partial charge in [0.25, 0.3) is 0 Å². The van der Waals surface area contributed by atoms with E-state index in [0.717, 1.165) is 0 Å². The first-order chi connectivity index (χ1) is 7.83. The first kappa shape index (κ1) is 31.8. The van der Waals surface area contributed by atoms with Crippen LogP contribution in [0.4, 0.5) is 0 Å². The third-order valence-corrected chi connectivity index (χ3v) is 0.250. The van der Waals surface area contributed by atoms with E-state index in [4.69, 9.17) is 60.2 Å². The Labute approximate surface area is 124 Å². The molecule has 0 aliphatic carbocycles. The van der Waals surface area contributed by atoms with Crippen molar-refractivity contribution in [3.05, 3.63) is 22.9 Å². The van der Waals surface area contributed by atoms with E-state index in [0.29, 0.717) is 0 Å². The Bertz CT molecular complexity index is 116. The van der Waals surface area contributed by atoms with Crippen molar-refractivity contribution in [3.63, 3.8) is 0 Å². The second-order valence-electron chi connectivity index (χ2n) is 1.76. The zero-order chi connectivity index (χ0) is 15.8. The van der Waals surface area contributed by atoms with Crippen molar-refractivity contribution in [2.24, 2.45) is 0 Å². The van der Waals surface area contributed by atoms with Gasteiger partial charge in [0.15, 0.2) is 0 Å². The summed E-state index contributed by atoms with van der Waals surface area (Å²) in [7, 11) is -9.89. The summed E-state index contributed by atoms with van der Waals surface area (Å²) in [6.45, 7) is 0.944. The van der Waals surface area contributed by atoms with E-state index >= 15 is 0 Å². The first-order valence-electron chi connectivity index (χ1n) is 3.65. The molecule has 0 amide bonds. The minimum absolute atomic E-state index is 0. The maximum absolute atomic E-state index is 8.49. The molecule has 1 radical (unpaired) electrons. The number of hydrogen-bond donors (Lipinski definition) is 0. The van der Waals surface area contributed by atoms with Crippen molar-refractivity contribution in [1.82, 2.24) is 0 Å². The van der Waals surface area contributed by atoms with Crippen LogP contribution >= 0.6 is 0 Å². The van der Waals surface area contributed by atoms with Crippen LogP contribution in [0.3, 0.4) is 0 Å².